The number of fused-ring (bicyclic) bond motifs is 2. The second-order valence-electron chi connectivity index (χ2n) is 8.77. The lowest BCUT2D eigenvalue weighted by atomic mass is 9.65. The first kappa shape index (κ1) is 17.5. The highest BCUT2D eigenvalue weighted by Crippen LogP contribution is 2.46. The van der Waals surface area contributed by atoms with Crippen molar-refractivity contribution in [3.8, 4) is 0 Å². The summed E-state index contributed by atoms with van der Waals surface area (Å²) in [7, 11) is 0. The fraction of sp³-hybridized carbons (Fsp3) is 0.947. The van der Waals surface area contributed by atoms with Gasteiger partial charge in [-0.05, 0) is 62.2 Å². The number of amides is 1. The Morgan fingerprint density at radius 3 is 2.26 bits per heavy atom. The summed E-state index contributed by atoms with van der Waals surface area (Å²) in [6.07, 6.45) is 14.1. The van der Waals surface area contributed by atoms with Gasteiger partial charge in [0.15, 0.2) is 0 Å². The fourth-order valence-electron chi connectivity index (χ4n) is 6.08. The van der Waals surface area contributed by atoms with Crippen LogP contribution >= 0.6 is 12.4 Å². The van der Waals surface area contributed by atoms with Gasteiger partial charge < -0.3 is 10.6 Å². The predicted molar refractivity (Wildman–Crippen MR) is 95.5 cm³/mol. The molecule has 1 aliphatic heterocycles. The van der Waals surface area contributed by atoms with Crippen molar-refractivity contribution in [3.63, 3.8) is 0 Å². The Kier molecular flexibility index (Phi) is 5.27. The van der Waals surface area contributed by atoms with E-state index in [-0.39, 0.29) is 18.3 Å². The van der Waals surface area contributed by atoms with Crippen molar-refractivity contribution in [1.82, 2.24) is 4.90 Å². The molecule has 0 aromatic rings. The Labute approximate surface area is 147 Å². The molecule has 2 unspecified atom stereocenters. The van der Waals surface area contributed by atoms with Crippen molar-refractivity contribution in [2.75, 3.05) is 13.1 Å². The van der Waals surface area contributed by atoms with Crippen molar-refractivity contribution < 1.29 is 4.79 Å². The molecular formula is C19H33ClN2O. The van der Waals surface area contributed by atoms with Crippen molar-refractivity contribution in [1.29, 1.82) is 0 Å². The van der Waals surface area contributed by atoms with Gasteiger partial charge in [-0.15, -0.1) is 12.4 Å². The smallest absolute Gasteiger partial charge is 0.225 e. The van der Waals surface area contributed by atoms with Gasteiger partial charge in [0.2, 0.25) is 5.91 Å². The molecule has 4 aliphatic rings. The summed E-state index contributed by atoms with van der Waals surface area (Å²) in [5, 5.41) is 0. The first-order valence-electron chi connectivity index (χ1n) is 9.71. The topological polar surface area (TPSA) is 46.3 Å². The van der Waals surface area contributed by atoms with Crippen molar-refractivity contribution >= 4 is 18.3 Å². The van der Waals surface area contributed by atoms with Crippen molar-refractivity contribution in [2.24, 2.45) is 28.9 Å². The summed E-state index contributed by atoms with van der Waals surface area (Å²) in [5.41, 5.74) is 6.88. The molecular weight excluding hydrogens is 308 g/mol. The van der Waals surface area contributed by atoms with Gasteiger partial charge in [-0.25, -0.2) is 0 Å². The molecule has 1 amide bonds. The maximum absolute atomic E-state index is 13.0. The van der Waals surface area contributed by atoms with E-state index in [1.54, 1.807) is 0 Å². The molecule has 4 rings (SSSR count). The largest absolute Gasteiger partial charge is 0.342 e. The van der Waals surface area contributed by atoms with Gasteiger partial charge in [-0.1, -0.05) is 25.7 Å². The maximum atomic E-state index is 13.0. The number of hydrogen-bond donors (Lipinski definition) is 1. The van der Waals surface area contributed by atoms with E-state index >= 15 is 0 Å². The van der Waals surface area contributed by atoms with Crippen LogP contribution in [0.4, 0.5) is 0 Å². The Hall–Kier alpha value is -0.280. The van der Waals surface area contributed by atoms with Crippen LogP contribution in [0.15, 0.2) is 0 Å². The van der Waals surface area contributed by atoms with E-state index in [0.717, 1.165) is 25.9 Å². The van der Waals surface area contributed by atoms with E-state index in [0.29, 0.717) is 29.2 Å². The van der Waals surface area contributed by atoms with E-state index in [4.69, 9.17) is 5.73 Å². The normalized spacial score (nSPS) is 39.1. The number of carbonyl (C=O) groups excluding carboxylic acids is 1. The van der Waals surface area contributed by atoms with Gasteiger partial charge >= 0.3 is 0 Å². The van der Waals surface area contributed by atoms with Crippen LogP contribution in [-0.4, -0.2) is 29.9 Å². The lowest BCUT2D eigenvalue weighted by Crippen LogP contribution is -2.49. The van der Waals surface area contributed by atoms with E-state index < -0.39 is 0 Å². The highest BCUT2D eigenvalue weighted by Gasteiger charge is 2.45. The number of nitrogens with zero attached hydrogens (tertiary/aromatic N) is 1. The van der Waals surface area contributed by atoms with Crippen LogP contribution in [-0.2, 0) is 4.79 Å². The van der Waals surface area contributed by atoms with Gasteiger partial charge in [-0.2, -0.15) is 0 Å². The molecule has 0 aromatic carbocycles. The third kappa shape index (κ3) is 3.28. The second kappa shape index (κ2) is 6.92. The zero-order chi connectivity index (χ0) is 15.2. The molecule has 3 aliphatic carbocycles. The molecule has 1 spiro atoms. The van der Waals surface area contributed by atoms with Crippen LogP contribution < -0.4 is 5.73 Å². The molecule has 3 saturated carbocycles. The monoisotopic (exact) mass is 340 g/mol. The van der Waals surface area contributed by atoms with Gasteiger partial charge in [0.05, 0.1) is 0 Å². The summed E-state index contributed by atoms with van der Waals surface area (Å²) < 4.78 is 0. The lowest BCUT2D eigenvalue weighted by molar-refractivity contribution is -0.138. The summed E-state index contributed by atoms with van der Waals surface area (Å²) in [4.78, 5) is 15.3. The molecule has 0 aromatic heterocycles. The summed E-state index contributed by atoms with van der Waals surface area (Å²) in [6.45, 7) is 2.08. The van der Waals surface area contributed by atoms with Crippen molar-refractivity contribution in [2.45, 2.75) is 76.7 Å². The first-order valence-corrected chi connectivity index (χ1v) is 9.71. The summed E-state index contributed by atoms with van der Waals surface area (Å²) in [5.74, 6) is 2.00. The molecule has 1 heterocycles. The number of rotatable bonds is 1. The average molecular weight is 341 g/mol. The minimum Gasteiger partial charge on any atom is -0.342 e. The van der Waals surface area contributed by atoms with Gasteiger partial charge in [0.25, 0.3) is 0 Å². The summed E-state index contributed by atoms with van der Waals surface area (Å²) >= 11 is 0. The van der Waals surface area contributed by atoms with Crippen LogP contribution in [0.3, 0.4) is 0 Å². The molecule has 23 heavy (non-hydrogen) atoms. The zero-order valence-electron chi connectivity index (χ0n) is 14.3. The van der Waals surface area contributed by atoms with E-state index in [9.17, 15) is 4.79 Å². The summed E-state index contributed by atoms with van der Waals surface area (Å²) in [6, 6.07) is 0.376. The molecule has 1 saturated heterocycles. The standard InChI is InChI=1S/C19H32N2O.ClH/c20-17-14-5-4-6-15(17)12-16(11-14)18(22)21-10-9-19(13-21)7-2-1-3-8-19;/h14-17H,1-13,20H2;1H. The molecule has 3 nitrogen and oxygen atoms in total. The van der Waals surface area contributed by atoms with Crippen LogP contribution in [0.25, 0.3) is 0 Å². The zero-order valence-corrected chi connectivity index (χ0v) is 15.2. The molecule has 0 radical (unpaired) electrons. The van der Waals surface area contributed by atoms with E-state index in [1.165, 1.54) is 57.8 Å². The third-order valence-electron chi connectivity index (χ3n) is 7.43. The van der Waals surface area contributed by atoms with Gasteiger partial charge in [0, 0.05) is 25.0 Å². The lowest BCUT2D eigenvalue weighted by Gasteiger charge is -2.44. The Balaban J connectivity index is 0.00000156. The predicted octanol–water partition coefficient (Wildman–Crippen LogP) is 3.74. The van der Waals surface area contributed by atoms with Crippen molar-refractivity contribution in [3.05, 3.63) is 0 Å². The van der Waals surface area contributed by atoms with Crippen LogP contribution in [0, 0.1) is 23.2 Å². The minimum atomic E-state index is 0. The first-order chi connectivity index (χ1) is 10.7. The number of hydrogen-bond acceptors (Lipinski definition) is 2. The number of carbonyl (C=O) groups is 1. The Morgan fingerprint density at radius 2 is 1.61 bits per heavy atom. The van der Waals surface area contributed by atoms with Crippen LogP contribution in [0.1, 0.15) is 70.6 Å². The molecule has 132 valence electrons. The molecule has 4 heteroatoms. The van der Waals surface area contributed by atoms with E-state index in [2.05, 4.69) is 4.90 Å². The maximum Gasteiger partial charge on any atom is 0.225 e. The van der Waals surface area contributed by atoms with E-state index in [1.807, 2.05) is 0 Å². The molecule has 2 N–H and O–H groups in total. The SMILES string of the molecule is Cl.NC1C2CCCC1CC(C(=O)N1CCC3(CCCCC3)C1)C2. The average Bonchev–Trinajstić information content (AvgIpc) is 2.90. The second-order valence-corrected chi connectivity index (χ2v) is 8.77. The number of nitrogens with two attached hydrogens (primary N) is 1. The highest BCUT2D eigenvalue weighted by atomic mass is 35.5. The molecule has 2 bridgehead atoms. The van der Waals surface area contributed by atoms with Crippen LogP contribution in [0.5, 0.6) is 0 Å². The van der Waals surface area contributed by atoms with Gasteiger partial charge in [0.1, 0.15) is 0 Å². The molecule has 2 atom stereocenters. The minimum absolute atomic E-state index is 0. The van der Waals surface area contributed by atoms with Gasteiger partial charge in [-0.3, -0.25) is 4.79 Å². The quantitative estimate of drug-likeness (QED) is 0.790. The fourth-order valence-corrected chi connectivity index (χ4v) is 6.08. The Bertz CT molecular complexity index is 421. The molecule has 4 fully saturated rings. The third-order valence-corrected chi connectivity index (χ3v) is 7.43. The number of halogens is 1. The van der Waals surface area contributed by atoms with Crippen LogP contribution in [0.2, 0.25) is 0 Å². The Morgan fingerprint density at radius 1 is 0.957 bits per heavy atom. The number of likely N-dealkylation sites (tertiary alicyclic amines) is 1. The highest BCUT2D eigenvalue weighted by molar-refractivity contribution is 5.85.